The minimum absolute atomic E-state index is 0.295. The van der Waals surface area contributed by atoms with Gasteiger partial charge in [0, 0.05) is 0 Å². The Balaban J connectivity index is 3.15. The summed E-state index contributed by atoms with van der Waals surface area (Å²) in [6.07, 6.45) is 0.757. The zero-order valence-corrected chi connectivity index (χ0v) is 10.6. The fraction of sp³-hybridized carbons (Fsp3) is 0.545. The summed E-state index contributed by atoms with van der Waals surface area (Å²) >= 11 is 1.54. The van der Waals surface area contributed by atoms with Crippen LogP contribution in [0.3, 0.4) is 0 Å². The quantitative estimate of drug-likeness (QED) is 0.641. The van der Waals surface area contributed by atoms with Crippen molar-refractivity contribution in [3.8, 4) is 6.07 Å². The maximum atomic E-state index is 9.02. The largest absolute Gasteiger partial charge is 0.382 e. The lowest BCUT2D eigenvalue weighted by Crippen LogP contribution is -2.07. The Labute approximate surface area is 100 Å². The second-order valence-electron chi connectivity index (χ2n) is 3.86. The van der Waals surface area contributed by atoms with Gasteiger partial charge in [-0.3, -0.25) is 0 Å². The molecule has 0 fully saturated rings. The molecule has 5 heteroatoms. The van der Waals surface area contributed by atoms with E-state index in [0.29, 0.717) is 22.5 Å². The SMILES string of the molecule is CCSc1nc(N)c(C#N)c(CC(C)C)n1. The van der Waals surface area contributed by atoms with E-state index in [1.165, 1.54) is 11.8 Å². The normalized spacial score (nSPS) is 10.4. The Kier molecular flexibility index (Phi) is 4.56. The average molecular weight is 236 g/mol. The number of nitrogen functional groups attached to an aromatic ring is 1. The zero-order chi connectivity index (χ0) is 12.1. The lowest BCUT2D eigenvalue weighted by molar-refractivity contribution is 0.627. The number of hydrogen-bond acceptors (Lipinski definition) is 5. The van der Waals surface area contributed by atoms with Crippen LogP contribution in [-0.2, 0) is 6.42 Å². The topological polar surface area (TPSA) is 75.6 Å². The van der Waals surface area contributed by atoms with Gasteiger partial charge in [0.25, 0.3) is 0 Å². The summed E-state index contributed by atoms with van der Waals surface area (Å²) < 4.78 is 0. The summed E-state index contributed by atoms with van der Waals surface area (Å²) in [6.45, 7) is 6.21. The maximum absolute atomic E-state index is 9.02. The molecule has 0 aliphatic rings. The van der Waals surface area contributed by atoms with E-state index >= 15 is 0 Å². The predicted molar refractivity (Wildman–Crippen MR) is 66.1 cm³/mol. The summed E-state index contributed by atoms with van der Waals surface area (Å²) in [7, 11) is 0. The Hall–Kier alpha value is -1.28. The molecule has 0 aliphatic carbocycles. The van der Waals surface area contributed by atoms with Crippen LogP contribution < -0.4 is 5.73 Å². The third kappa shape index (κ3) is 3.11. The van der Waals surface area contributed by atoms with Crippen LogP contribution in [-0.4, -0.2) is 15.7 Å². The van der Waals surface area contributed by atoms with Crippen LogP contribution in [0.5, 0.6) is 0 Å². The second-order valence-corrected chi connectivity index (χ2v) is 5.09. The van der Waals surface area contributed by atoms with Gasteiger partial charge in [-0.1, -0.05) is 32.5 Å². The fourth-order valence-electron chi connectivity index (χ4n) is 1.35. The highest BCUT2D eigenvalue weighted by molar-refractivity contribution is 7.99. The van der Waals surface area contributed by atoms with Gasteiger partial charge in [-0.15, -0.1) is 0 Å². The summed E-state index contributed by atoms with van der Waals surface area (Å²) in [4.78, 5) is 8.49. The van der Waals surface area contributed by atoms with Crippen molar-refractivity contribution in [3.05, 3.63) is 11.3 Å². The molecule has 2 N–H and O–H groups in total. The summed E-state index contributed by atoms with van der Waals surface area (Å²) in [5.41, 5.74) is 6.94. The molecule has 1 heterocycles. The summed E-state index contributed by atoms with van der Waals surface area (Å²) in [6, 6.07) is 2.08. The second kappa shape index (κ2) is 5.71. The summed E-state index contributed by atoms with van der Waals surface area (Å²) in [5, 5.41) is 9.68. The molecule has 0 saturated heterocycles. The van der Waals surface area contributed by atoms with Crippen LogP contribution in [0.2, 0.25) is 0 Å². The standard InChI is InChI=1S/C11H16N4S/c1-4-16-11-14-9(5-7(2)3)8(6-12)10(13)15-11/h7H,4-5H2,1-3H3,(H2,13,14,15). The van der Waals surface area contributed by atoms with Crippen molar-refractivity contribution in [1.82, 2.24) is 9.97 Å². The number of aromatic nitrogens is 2. The molecule has 0 bridgehead atoms. The van der Waals surface area contributed by atoms with Crippen molar-refractivity contribution >= 4 is 17.6 Å². The highest BCUT2D eigenvalue weighted by Gasteiger charge is 2.13. The molecule has 1 aromatic rings. The lowest BCUT2D eigenvalue weighted by atomic mass is 10.0. The molecule has 0 radical (unpaired) electrons. The smallest absolute Gasteiger partial charge is 0.189 e. The highest BCUT2D eigenvalue weighted by Crippen LogP contribution is 2.21. The fourth-order valence-corrected chi connectivity index (χ4v) is 1.95. The molecule has 0 saturated carbocycles. The number of nitriles is 1. The first-order valence-electron chi connectivity index (χ1n) is 5.27. The van der Waals surface area contributed by atoms with Gasteiger partial charge in [0.15, 0.2) is 5.16 Å². The van der Waals surface area contributed by atoms with Crippen LogP contribution in [0.15, 0.2) is 5.16 Å². The maximum Gasteiger partial charge on any atom is 0.189 e. The van der Waals surface area contributed by atoms with E-state index in [0.717, 1.165) is 17.9 Å². The third-order valence-corrected chi connectivity index (χ3v) is 2.71. The Bertz CT molecular complexity index is 409. The number of thioether (sulfide) groups is 1. The van der Waals surface area contributed by atoms with Gasteiger partial charge in [0.1, 0.15) is 17.5 Å². The van der Waals surface area contributed by atoms with Gasteiger partial charge in [0.2, 0.25) is 0 Å². The molecule has 1 rings (SSSR count). The molecular formula is C11H16N4S. The van der Waals surface area contributed by atoms with Crippen molar-refractivity contribution in [3.63, 3.8) is 0 Å². The van der Waals surface area contributed by atoms with E-state index in [-0.39, 0.29) is 0 Å². The Morgan fingerprint density at radius 1 is 1.44 bits per heavy atom. The Morgan fingerprint density at radius 2 is 2.12 bits per heavy atom. The van der Waals surface area contributed by atoms with Gasteiger partial charge < -0.3 is 5.73 Å². The molecule has 0 aliphatic heterocycles. The summed E-state index contributed by atoms with van der Waals surface area (Å²) in [5.74, 6) is 1.64. The first kappa shape index (κ1) is 12.8. The first-order chi connectivity index (χ1) is 7.58. The molecule has 0 spiro atoms. The van der Waals surface area contributed by atoms with Crippen LogP contribution in [0.25, 0.3) is 0 Å². The van der Waals surface area contributed by atoms with E-state index in [1.807, 2.05) is 6.92 Å². The van der Waals surface area contributed by atoms with Gasteiger partial charge >= 0.3 is 0 Å². The minimum Gasteiger partial charge on any atom is -0.382 e. The number of rotatable bonds is 4. The minimum atomic E-state index is 0.295. The van der Waals surface area contributed by atoms with Crippen molar-refractivity contribution in [2.45, 2.75) is 32.3 Å². The van der Waals surface area contributed by atoms with E-state index < -0.39 is 0 Å². The van der Waals surface area contributed by atoms with E-state index in [1.54, 1.807) is 0 Å². The molecule has 0 amide bonds. The predicted octanol–water partition coefficient (Wildman–Crippen LogP) is 2.24. The van der Waals surface area contributed by atoms with Crippen LogP contribution in [0.1, 0.15) is 32.0 Å². The van der Waals surface area contributed by atoms with Gasteiger partial charge in [-0.2, -0.15) is 5.26 Å². The van der Waals surface area contributed by atoms with Crippen molar-refractivity contribution in [1.29, 1.82) is 5.26 Å². The zero-order valence-electron chi connectivity index (χ0n) is 9.82. The van der Waals surface area contributed by atoms with Crippen molar-refractivity contribution in [2.24, 2.45) is 5.92 Å². The molecule has 1 aromatic heterocycles. The lowest BCUT2D eigenvalue weighted by Gasteiger charge is -2.09. The van der Waals surface area contributed by atoms with Gasteiger partial charge in [-0.25, -0.2) is 9.97 Å². The van der Waals surface area contributed by atoms with Crippen LogP contribution in [0, 0.1) is 17.2 Å². The molecule has 86 valence electrons. The monoisotopic (exact) mass is 236 g/mol. The van der Waals surface area contributed by atoms with E-state index in [4.69, 9.17) is 11.0 Å². The third-order valence-electron chi connectivity index (χ3n) is 1.98. The number of hydrogen-bond donors (Lipinski definition) is 1. The van der Waals surface area contributed by atoms with Crippen LogP contribution in [0.4, 0.5) is 5.82 Å². The number of anilines is 1. The molecular weight excluding hydrogens is 220 g/mol. The van der Waals surface area contributed by atoms with Crippen molar-refractivity contribution < 1.29 is 0 Å². The van der Waals surface area contributed by atoms with Gasteiger partial charge in [0.05, 0.1) is 5.69 Å². The number of nitrogens with zero attached hydrogens (tertiary/aromatic N) is 3. The van der Waals surface area contributed by atoms with Crippen molar-refractivity contribution in [2.75, 3.05) is 11.5 Å². The molecule has 16 heavy (non-hydrogen) atoms. The highest BCUT2D eigenvalue weighted by atomic mass is 32.2. The van der Waals surface area contributed by atoms with E-state index in [9.17, 15) is 0 Å². The van der Waals surface area contributed by atoms with Crippen LogP contribution >= 0.6 is 11.8 Å². The molecule has 0 aromatic carbocycles. The van der Waals surface area contributed by atoms with Gasteiger partial charge in [-0.05, 0) is 18.1 Å². The molecule has 0 unspecified atom stereocenters. The average Bonchev–Trinajstić information content (AvgIpc) is 2.16. The number of nitrogens with two attached hydrogens (primary N) is 1. The van der Waals surface area contributed by atoms with E-state index in [2.05, 4.69) is 29.9 Å². The Morgan fingerprint density at radius 3 is 2.62 bits per heavy atom. The molecule has 0 atom stereocenters. The first-order valence-corrected chi connectivity index (χ1v) is 6.26. The molecule has 4 nitrogen and oxygen atoms in total.